The summed E-state index contributed by atoms with van der Waals surface area (Å²) in [4.78, 5) is 0. The first-order chi connectivity index (χ1) is 11.0. The van der Waals surface area contributed by atoms with Gasteiger partial charge in [-0.05, 0) is 33.8 Å². The van der Waals surface area contributed by atoms with Crippen LogP contribution in [0.2, 0.25) is 0 Å². The highest BCUT2D eigenvalue weighted by Crippen LogP contribution is 2.13. The Balaban J connectivity index is 0. The molecule has 0 aromatic rings. The molecule has 0 aliphatic carbocycles. The second kappa shape index (κ2) is 16.6. The molecule has 0 aliphatic heterocycles. The zero-order chi connectivity index (χ0) is 17.6. The predicted molar refractivity (Wildman–Crippen MR) is 94.7 cm³/mol. The van der Waals surface area contributed by atoms with E-state index in [1.807, 2.05) is 33.8 Å². The fourth-order valence-corrected chi connectivity index (χ4v) is 2.51. The highest BCUT2D eigenvalue weighted by Gasteiger charge is 2.30. The Labute approximate surface area is 159 Å². The quantitative estimate of drug-likeness (QED) is 0.172. The SMILES string of the molecule is CCOC(C[N+](C)(CC=CCCl)CC(OCC)OCC)OCC.[Cl-]. The molecular weight excluding hydrogens is 353 g/mol. The number of allylic oxidation sites excluding steroid dienone is 1. The lowest BCUT2D eigenvalue weighted by Crippen LogP contribution is -3.00. The van der Waals surface area contributed by atoms with Crippen molar-refractivity contribution >= 4 is 11.6 Å². The lowest BCUT2D eigenvalue weighted by molar-refractivity contribution is -0.915. The van der Waals surface area contributed by atoms with Gasteiger partial charge in [0.15, 0.2) is 0 Å². The molecule has 0 N–H and O–H groups in total. The van der Waals surface area contributed by atoms with E-state index in [-0.39, 0.29) is 25.0 Å². The van der Waals surface area contributed by atoms with E-state index in [0.717, 1.165) is 19.6 Å². The number of hydrogen-bond acceptors (Lipinski definition) is 4. The van der Waals surface area contributed by atoms with Gasteiger partial charge in [0, 0.05) is 32.3 Å². The average Bonchev–Trinajstić information content (AvgIpc) is 2.48. The first kappa shape index (κ1) is 26.4. The van der Waals surface area contributed by atoms with E-state index in [4.69, 9.17) is 30.5 Å². The van der Waals surface area contributed by atoms with Crippen molar-refractivity contribution in [1.82, 2.24) is 0 Å². The van der Waals surface area contributed by atoms with Crippen molar-refractivity contribution in [3.05, 3.63) is 12.2 Å². The third-order valence-corrected chi connectivity index (χ3v) is 3.57. The summed E-state index contributed by atoms with van der Waals surface area (Å²) in [5.41, 5.74) is 0. The van der Waals surface area contributed by atoms with Crippen LogP contribution < -0.4 is 12.4 Å². The zero-order valence-corrected chi connectivity index (χ0v) is 17.3. The monoisotopic (exact) mass is 387 g/mol. The summed E-state index contributed by atoms with van der Waals surface area (Å²) in [6, 6.07) is 0. The molecule has 7 heteroatoms. The molecule has 0 aliphatic rings. The van der Waals surface area contributed by atoms with Crippen LogP contribution in [0.25, 0.3) is 0 Å². The third kappa shape index (κ3) is 12.5. The minimum Gasteiger partial charge on any atom is -1.00 e. The van der Waals surface area contributed by atoms with E-state index in [1.165, 1.54) is 0 Å². The fourth-order valence-electron chi connectivity index (χ4n) is 2.39. The van der Waals surface area contributed by atoms with Gasteiger partial charge in [0.25, 0.3) is 0 Å². The third-order valence-electron chi connectivity index (χ3n) is 3.39. The minimum absolute atomic E-state index is 0. The van der Waals surface area contributed by atoms with Gasteiger partial charge in [-0.3, -0.25) is 0 Å². The van der Waals surface area contributed by atoms with Crippen LogP contribution in [0.15, 0.2) is 12.2 Å². The van der Waals surface area contributed by atoms with Gasteiger partial charge in [-0.25, -0.2) is 0 Å². The largest absolute Gasteiger partial charge is 1.00 e. The molecule has 146 valence electrons. The number of halogens is 2. The lowest BCUT2D eigenvalue weighted by atomic mass is 10.3. The second-order valence-electron chi connectivity index (χ2n) is 5.47. The van der Waals surface area contributed by atoms with E-state index >= 15 is 0 Å². The van der Waals surface area contributed by atoms with Crippen LogP contribution in [-0.2, 0) is 18.9 Å². The summed E-state index contributed by atoms with van der Waals surface area (Å²) < 4.78 is 23.6. The molecule has 5 nitrogen and oxygen atoms in total. The topological polar surface area (TPSA) is 36.9 Å². The van der Waals surface area contributed by atoms with Crippen molar-refractivity contribution in [3.63, 3.8) is 0 Å². The Hall–Kier alpha value is 0.120. The summed E-state index contributed by atoms with van der Waals surface area (Å²) >= 11 is 5.75. The van der Waals surface area contributed by atoms with Crippen LogP contribution in [0.4, 0.5) is 0 Å². The van der Waals surface area contributed by atoms with Gasteiger partial charge < -0.3 is 35.8 Å². The van der Waals surface area contributed by atoms with Gasteiger partial charge >= 0.3 is 0 Å². The molecular formula is C17H35Cl2NO4. The van der Waals surface area contributed by atoms with E-state index < -0.39 is 0 Å². The first-order valence-electron chi connectivity index (χ1n) is 8.56. The molecule has 0 bridgehead atoms. The van der Waals surface area contributed by atoms with Crippen molar-refractivity contribution in [2.45, 2.75) is 40.3 Å². The summed E-state index contributed by atoms with van der Waals surface area (Å²) in [5, 5.41) is 0. The number of hydrogen-bond donors (Lipinski definition) is 0. The molecule has 0 atom stereocenters. The van der Waals surface area contributed by atoms with Gasteiger partial charge in [-0.2, -0.15) is 0 Å². The first-order valence-corrected chi connectivity index (χ1v) is 9.09. The van der Waals surface area contributed by atoms with Gasteiger partial charge in [0.1, 0.15) is 13.1 Å². The molecule has 0 radical (unpaired) electrons. The molecule has 0 aromatic heterocycles. The van der Waals surface area contributed by atoms with Crippen molar-refractivity contribution in [3.8, 4) is 0 Å². The van der Waals surface area contributed by atoms with E-state index in [1.54, 1.807) is 0 Å². The number of alkyl halides is 1. The van der Waals surface area contributed by atoms with Gasteiger partial charge in [-0.15, -0.1) is 11.6 Å². The highest BCUT2D eigenvalue weighted by atomic mass is 35.5. The van der Waals surface area contributed by atoms with Crippen LogP contribution in [0.1, 0.15) is 27.7 Å². The molecule has 0 saturated carbocycles. The van der Waals surface area contributed by atoms with E-state index in [2.05, 4.69) is 13.1 Å². The fraction of sp³-hybridized carbons (Fsp3) is 0.882. The highest BCUT2D eigenvalue weighted by molar-refractivity contribution is 6.18. The van der Waals surface area contributed by atoms with Crippen LogP contribution in [0.3, 0.4) is 0 Å². The summed E-state index contributed by atoms with van der Waals surface area (Å²) in [7, 11) is 2.16. The summed E-state index contributed by atoms with van der Waals surface area (Å²) in [6.07, 6.45) is 3.59. The molecule has 0 unspecified atom stereocenters. The van der Waals surface area contributed by atoms with Crippen molar-refractivity contribution in [2.24, 2.45) is 0 Å². The molecule has 0 rings (SSSR count). The van der Waals surface area contributed by atoms with Crippen molar-refractivity contribution in [1.29, 1.82) is 0 Å². The second-order valence-corrected chi connectivity index (χ2v) is 5.78. The predicted octanol–water partition coefficient (Wildman–Crippen LogP) is 0.0302. The Morgan fingerprint density at radius 3 is 1.46 bits per heavy atom. The van der Waals surface area contributed by atoms with Gasteiger partial charge in [-0.1, -0.05) is 6.08 Å². The molecule has 0 heterocycles. The molecule has 0 amide bonds. The van der Waals surface area contributed by atoms with Gasteiger partial charge in [0.2, 0.25) is 12.6 Å². The molecule has 0 fully saturated rings. The Bertz CT molecular complexity index is 276. The number of nitrogens with zero attached hydrogens (tertiary/aromatic N) is 1. The van der Waals surface area contributed by atoms with Crippen LogP contribution in [-0.4, -0.2) is 76.1 Å². The maximum Gasteiger partial charge on any atom is 0.207 e. The number of rotatable bonds is 15. The summed E-state index contributed by atoms with van der Waals surface area (Å²) in [5.74, 6) is 0.515. The summed E-state index contributed by atoms with van der Waals surface area (Å²) in [6.45, 7) is 12.7. The van der Waals surface area contributed by atoms with Gasteiger partial charge in [0.05, 0.1) is 13.6 Å². The van der Waals surface area contributed by atoms with E-state index in [9.17, 15) is 0 Å². The molecule has 0 aromatic carbocycles. The lowest BCUT2D eigenvalue weighted by Gasteiger charge is -2.38. The van der Waals surface area contributed by atoms with Crippen LogP contribution in [0.5, 0.6) is 0 Å². The normalized spacial score (nSPS) is 12.3. The number of likely N-dealkylation sites (N-methyl/N-ethyl adjacent to an activating group) is 1. The van der Waals surface area contributed by atoms with Crippen molar-refractivity contribution in [2.75, 3.05) is 59.0 Å². The maximum absolute atomic E-state index is 5.75. The molecule has 0 saturated heterocycles. The minimum atomic E-state index is -0.233. The Morgan fingerprint density at radius 2 is 1.17 bits per heavy atom. The Kier molecular flexibility index (Phi) is 18.2. The average molecular weight is 388 g/mol. The molecule has 0 spiro atoms. The van der Waals surface area contributed by atoms with E-state index in [0.29, 0.717) is 36.8 Å². The standard InChI is InChI=1S/C17H35ClNO4.ClH/c1-6-20-16(21-7-2)14-19(5,13-11-10-12-18)15-17(22-8-3)23-9-4;/h10-11,16-17H,6-9,12-15H2,1-5H3;1H/q+1;/p-1. The zero-order valence-electron chi connectivity index (χ0n) is 15.8. The van der Waals surface area contributed by atoms with Crippen molar-refractivity contribution < 1.29 is 35.8 Å². The number of quaternary nitrogens is 1. The smallest absolute Gasteiger partial charge is 0.207 e. The van der Waals surface area contributed by atoms with Crippen LogP contribution >= 0.6 is 11.6 Å². The number of ether oxygens (including phenoxy) is 4. The van der Waals surface area contributed by atoms with Crippen LogP contribution in [0, 0.1) is 0 Å². The maximum atomic E-state index is 5.75. The molecule has 24 heavy (non-hydrogen) atoms. The Morgan fingerprint density at radius 1 is 0.792 bits per heavy atom.